The quantitative estimate of drug-likeness (QED) is 0.387. The summed E-state index contributed by atoms with van der Waals surface area (Å²) in [5, 5.41) is 2.54. The van der Waals surface area contributed by atoms with Crippen LogP contribution in [-0.2, 0) is 30.3 Å². The lowest BCUT2D eigenvalue weighted by Crippen LogP contribution is -2.44. The highest BCUT2D eigenvalue weighted by molar-refractivity contribution is 7.98. The molecule has 0 saturated heterocycles. The molecule has 1 N–H and O–H groups in total. The first-order valence-electron chi connectivity index (χ1n) is 8.92. The number of carbonyl (C=O) groups excluding carboxylic acids is 3. The molecule has 1 atom stereocenters. The third-order valence-corrected chi connectivity index (χ3v) is 4.72. The number of hydrogen-bond acceptors (Lipinski definition) is 6. The molecular weight excluding hydrogens is 390 g/mol. The van der Waals surface area contributed by atoms with Crippen molar-refractivity contribution < 1.29 is 23.9 Å². The van der Waals surface area contributed by atoms with Crippen molar-refractivity contribution >= 4 is 35.7 Å². The molecule has 0 fully saturated rings. The minimum absolute atomic E-state index is 0.277. The van der Waals surface area contributed by atoms with Gasteiger partial charge in [-0.3, -0.25) is 4.79 Å². The van der Waals surface area contributed by atoms with Crippen LogP contribution in [-0.4, -0.2) is 43.9 Å². The molecule has 6 nitrogen and oxygen atoms in total. The first-order chi connectivity index (χ1) is 14.0. The Hall–Kier alpha value is -3.06. The van der Waals surface area contributed by atoms with E-state index in [1.165, 1.54) is 13.2 Å². The van der Waals surface area contributed by atoms with Gasteiger partial charge in [0.05, 0.1) is 7.11 Å². The summed E-state index contributed by atoms with van der Waals surface area (Å²) < 4.78 is 9.68. The van der Waals surface area contributed by atoms with Crippen molar-refractivity contribution in [1.29, 1.82) is 0 Å². The molecule has 2 aromatic rings. The van der Waals surface area contributed by atoms with Crippen LogP contribution >= 0.6 is 11.8 Å². The summed E-state index contributed by atoms with van der Waals surface area (Å²) in [6, 6.07) is 16.0. The zero-order valence-electron chi connectivity index (χ0n) is 16.3. The fourth-order valence-electron chi connectivity index (χ4n) is 2.49. The van der Waals surface area contributed by atoms with E-state index < -0.39 is 30.5 Å². The predicted molar refractivity (Wildman–Crippen MR) is 112 cm³/mol. The highest BCUT2D eigenvalue weighted by Gasteiger charge is 2.22. The number of carbonyl (C=O) groups is 3. The van der Waals surface area contributed by atoms with E-state index in [1.54, 1.807) is 17.8 Å². The maximum Gasteiger partial charge on any atom is 0.331 e. The van der Waals surface area contributed by atoms with Gasteiger partial charge in [0, 0.05) is 17.4 Å². The Labute approximate surface area is 174 Å². The number of hydrogen-bond donors (Lipinski definition) is 1. The Kier molecular flexibility index (Phi) is 8.98. The van der Waals surface area contributed by atoms with Crippen molar-refractivity contribution in [3.8, 4) is 0 Å². The first kappa shape index (κ1) is 22.2. The van der Waals surface area contributed by atoms with Crippen LogP contribution in [0.15, 0.2) is 65.6 Å². The molecule has 0 radical (unpaired) electrons. The monoisotopic (exact) mass is 413 g/mol. The number of esters is 2. The van der Waals surface area contributed by atoms with Crippen LogP contribution in [0.1, 0.15) is 11.1 Å². The lowest BCUT2D eigenvalue weighted by Gasteiger charge is -2.16. The van der Waals surface area contributed by atoms with Gasteiger partial charge in [-0.05, 0) is 35.6 Å². The van der Waals surface area contributed by atoms with Gasteiger partial charge in [-0.15, -0.1) is 11.8 Å². The zero-order valence-corrected chi connectivity index (χ0v) is 17.1. The molecule has 1 amide bonds. The van der Waals surface area contributed by atoms with Crippen LogP contribution in [0, 0.1) is 0 Å². The fraction of sp³-hybridized carbons (Fsp3) is 0.227. The summed E-state index contributed by atoms with van der Waals surface area (Å²) in [6.07, 6.45) is 5.12. The van der Waals surface area contributed by atoms with E-state index in [0.29, 0.717) is 0 Å². The standard InChI is InChI=1S/C22H23NO5S/c1-27-22(26)19(14-17-6-4-3-5-7-17)23-20(24)15-28-21(25)13-10-16-8-11-18(29-2)12-9-16/h3-13,19H,14-15H2,1-2H3,(H,23,24)/b13-10+/t19-/m0/s1. The number of methoxy groups -OCH3 is 1. The first-order valence-corrected chi connectivity index (χ1v) is 10.1. The van der Waals surface area contributed by atoms with Gasteiger partial charge in [0.15, 0.2) is 6.61 Å². The molecule has 152 valence electrons. The van der Waals surface area contributed by atoms with Crippen molar-refractivity contribution in [2.75, 3.05) is 20.0 Å². The van der Waals surface area contributed by atoms with Crippen LogP contribution in [0.2, 0.25) is 0 Å². The molecule has 29 heavy (non-hydrogen) atoms. The largest absolute Gasteiger partial charge is 0.467 e. The van der Waals surface area contributed by atoms with E-state index in [-0.39, 0.29) is 6.42 Å². The summed E-state index contributed by atoms with van der Waals surface area (Å²) in [5.41, 5.74) is 1.72. The van der Waals surface area contributed by atoms with Crippen molar-refractivity contribution in [3.63, 3.8) is 0 Å². The summed E-state index contributed by atoms with van der Waals surface area (Å²) in [4.78, 5) is 37.0. The van der Waals surface area contributed by atoms with Crippen molar-refractivity contribution in [2.45, 2.75) is 17.4 Å². The molecule has 0 heterocycles. The second kappa shape index (κ2) is 11.7. The molecule has 0 saturated carbocycles. The minimum atomic E-state index is -0.862. The number of benzene rings is 2. The second-order valence-corrected chi connectivity index (χ2v) is 6.93. The van der Waals surface area contributed by atoms with Gasteiger partial charge in [0.25, 0.3) is 5.91 Å². The second-order valence-electron chi connectivity index (χ2n) is 6.05. The minimum Gasteiger partial charge on any atom is -0.467 e. The predicted octanol–water partition coefficient (Wildman–Crippen LogP) is 2.87. The van der Waals surface area contributed by atoms with E-state index in [4.69, 9.17) is 9.47 Å². The smallest absolute Gasteiger partial charge is 0.331 e. The van der Waals surface area contributed by atoms with Crippen LogP contribution in [0.4, 0.5) is 0 Å². The van der Waals surface area contributed by atoms with Crippen LogP contribution in [0.25, 0.3) is 6.08 Å². The molecule has 0 aliphatic carbocycles. The molecule has 2 rings (SSSR count). The lowest BCUT2D eigenvalue weighted by molar-refractivity contribution is -0.147. The van der Waals surface area contributed by atoms with Crippen molar-refractivity contribution in [1.82, 2.24) is 5.32 Å². The van der Waals surface area contributed by atoms with Gasteiger partial charge in [-0.1, -0.05) is 42.5 Å². The Balaban J connectivity index is 1.84. The summed E-state index contributed by atoms with van der Waals surface area (Å²) in [5.74, 6) is -1.80. The van der Waals surface area contributed by atoms with E-state index >= 15 is 0 Å². The maximum absolute atomic E-state index is 12.1. The molecule has 0 aliphatic rings. The molecular formula is C22H23NO5S. The van der Waals surface area contributed by atoms with Crippen LogP contribution in [0.3, 0.4) is 0 Å². The van der Waals surface area contributed by atoms with E-state index in [9.17, 15) is 14.4 Å². The van der Waals surface area contributed by atoms with Crippen molar-refractivity contribution in [3.05, 3.63) is 71.8 Å². The molecule has 0 aliphatic heterocycles. The molecule has 0 bridgehead atoms. The average molecular weight is 413 g/mol. The summed E-state index contributed by atoms with van der Waals surface area (Å²) >= 11 is 1.63. The zero-order chi connectivity index (χ0) is 21.1. The molecule has 0 unspecified atom stereocenters. The van der Waals surface area contributed by atoms with Gasteiger partial charge < -0.3 is 14.8 Å². The van der Waals surface area contributed by atoms with Crippen LogP contribution in [0.5, 0.6) is 0 Å². The van der Waals surface area contributed by atoms with Gasteiger partial charge in [-0.25, -0.2) is 9.59 Å². The van der Waals surface area contributed by atoms with Gasteiger partial charge in [-0.2, -0.15) is 0 Å². The number of amides is 1. The average Bonchev–Trinajstić information content (AvgIpc) is 2.76. The van der Waals surface area contributed by atoms with Gasteiger partial charge in [0.1, 0.15) is 6.04 Å². The summed E-state index contributed by atoms with van der Waals surface area (Å²) in [6.45, 7) is -0.489. The SMILES string of the molecule is COC(=O)[C@H](Cc1ccccc1)NC(=O)COC(=O)/C=C/c1ccc(SC)cc1. The number of rotatable bonds is 9. The molecule has 7 heteroatoms. The molecule has 2 aromatic carbocycles. The van der Waals surface area contributed by atoms with E-state index in [0.717, 1.165) is 16.0 Å². The van der Waals surface area contributed by atoms with E-state index in [2.05, 4.69) is 5.32 Å². The Bertz CT molecular complexity index is 849. The maximum atomic E-state index is 12.1. The molecule has 0 aromatic heterocycles. The third-order valence-electron chi connectivity index (χ3n) is 3.98. The number of thioether (sulfide) groups is 1. The Morgan fingerprint density at radius 2 is 1.76 bits per heavy atom. The lowest BCUT2D eigenvalue weighted by atomic mass is 10.1. The van der Waals surface area contributed by atoms with E-state index in [1.807, 2.05) is 60.9 Å². The van der Waals surface area contributed by atoms with Crippen molar-refractivity contribution in [2.24, 2.45) is 0 Å². The highest BCUT2D eigenvalue weighted by Crippen LogP contribution is 2.15. The topological polar surface area (TPSA) is 81.7 Å². The third kappa shape index (κ3) is 7.83. The van der Waals surface area contributed by atoms with Crippen LogP contribution < -0.4 is 5.32 Å². The van der Waals surface area contributed by atoms with Gasteiger partial charge >= 0.3 is 11.9 Å². The Morgan fingerprint density at radius 1 is 1.07 bits per heavy atom. The fourth-order valence-corrected chi connectivity index (χ4v) is 2.89. The summed E-state index contributed by atoms with van der Waals surface area (Å²) in [7, 11) is 1.25. The number of ether oxygens (including phenoxy) is 2. The molecule has 0 spiro atoms. The Morgan fingerprint density at radius 3 is 2.38 bits per heavy atom. The normalized spacial score (nSPS) is 11.7. The van der Waals surface area contributed by atoms with Gasteiger partial charge in [0.2, 0.25) is 0 Å². The highest BCUT2D eigenvalue weighted by atomic mass is 32.2. The number of nitrogens with one attached hydrogen (secondary N) is 1.